The molecule has 0 spiro atoms. The van der Waals surface area contributed by atoms with Crippen LogP contribution >= 0.6 is 75.8 Å². The molecule has 219 valence electrons. The van der Waals surface area contributed by atoms with Crippen molar-refractivity contribution in [3.05, 3.63) is 0 Å². The number of thiol groups is 6. The van der Waals surface area contributed by atoms with E-state index < -0.39 is 17.9 Å². The molecule has 0 aromatic carbocycles. The van der Waals surface area contributed by atoms with Crippen molar-refractivity contribution >= 4 is 93.7 Å². The largest absolute Gasteiger partial charge is 3.00 e. The van der Waals surface area contributed by atoms with Crippen LogP contribution < -0.4 is 15.3 Å². The number of hydrogen-bond acceptors (Lipinski definition) is 12. The van der Waals surface area contributed by atoms with Crippen LogP contribution in [0.15, 0.2) is 0 Å². The fourth-order valence-corrected chi connectivity index (χ4v) is 5.31. The van der Waals surface area contributed by atoms with E-state index in [-0.39, 0.29) is 36.6 Å². The minimum absolute atomic E-state index is 0. The van der Waals surface area contributed by atoms with Crippen LogP contribution in [0.2, 0.25) is 0 Å². The Balaban J connectivity index is -0.000000218. The van der Waals surface area contributed by atoms with Gasteiger partial charge in [0.1, 0.15) is 0 Å². The summed E-state index contributed by atoms with van der Waals surface area (Å²) in [4.78, 5) is 30.1. The van der Waals surface area contributed by atoms with E-state index in [0.29, 0.717) is 35.0 Å². The molecule has 1 radical (unpaired) electrons. The summed E-state index contributed by atoms with van der Waals surface area (Å²) in [7, 11) is 0. The molecule has 0 heterocycles. The number of carbonyl (C=O) groups is 3. The number of hydrogen-bond donors (Lipinski definition) is 6. The predicted octanol–water partition coefficient (Wildman–Crippen LogP) is 2.74. The molecule has 0 rings (SSSR count). The first-order valence-corrected chi connectivity index (χ1v) is 15.9. The molecule has 0 amide bonds. The molecule has 13 heteroatoms. The van der Waals surface area contributed by atoms with Crippen LogP contribution in [-0.4, -0.2) is 50.9 Å². The first kappa shape index (κ1) is 45.0. The van der Waals surface area contributed by atoms with Gasteiger partial charge in [0, 0.05) is 33.7 Å². The number of carboxylic acid groups (broad SMARTS) is 3. The first-order chi connectivity index (χ1) is 17.0. The van der Waals surface area contributed by atoms with E-state index >= 15 is 0 Å². The number of carboxylic acids is 3. The molecule has 0 aromatic heterocycles. The summed E-state index contributed by atoms with van der Waals surface area (Å²) >= 11 is 25.2. The smallest absolute Gasteiger partial charge is 0.550 e. The van der Waals surface area contributed by atoms with Gasteiger partial charge in [-0.1, -0.05) is 19.3 Å². The van der Waals surface area contributed by atoms with Crippen molar-refractivity contribution < 1.29 is 47.1 Å². The summed E-state index contributed by atoms with van der Waals surface area (Å²) in [5.41, 5.74) is 0. The van der Waals surface area contributed by atoms with Gasteiger partial charge in [0.05, 0.1) is 0 Å². The molecule has 0 N–H and O–H groups in total. The van der Waals surface area contributed by atoms with Crippen LogP contribution in [0.1, 0.15) is 96.3 Å². The zero-order chi connectivity index (χ0) is 28.2. The van der Waals surface area contributed by atoms with E-state index in [0.717, 1.165) is 75.0 Å². The fraction of sp³-hybridized carbons (Fsp3) is 0.875. The van der Waals surface area contributed by atoms with Gasteiger partial charge in [0.25, 0.3) is 0 Å². The van der Waals surface area contributed by atoms with Crippen molar-refractivity contribution in [2.24, 2.45) is 0 Å². The second-order valence-electron chi connectivity index (χ2n) is 8.35. The number of unbranched alkanes of at least 4 members (excludes halogenated alkanes) is 3. The molecule has 0 aliphatic carbocycles. The zero-order valence-corrected chi connectivity index (χ0v) is 28.1. The fourth-order valence-electron chi connectivity index (χ4n) is 2.83. The average Bonchev–Trinajstić information content (AvgIpc) is 2.78. The van der Waals surface area contributed by atoms with Crippen molar-refractivity contribution in [1.82, 2.24) is 0 Å². The Morgan fingerprint density at radius 1 is 0.459 bits per heavy atom. The molecule has 0 bridgehead atoms. The number of rotatable bonds is 21. The predicted molar refractivity (Wildman–Crippen MR) is 164 cm³/mol. The second kappa shape index (κ2) is 35.1. The SMILES string of the molecule is O=C([O-])CCCCC(S)CCS.O=C([O-])CCCCC(S)CCS.O=C([O-])CCCCC(S)CCS.[Cr+3]. The van der Waals surface area contributed by atoms with Gasteiger partial charge in [-0.2, -0.15) is 75.8 Å². The molecular formula is C24H45CrO6S6. The second-order valence-corrected chi connectivity index (χ2v) is 11.9. The Morgan fingerprint density at radius 2 is 0.676 bits per heavy atom. The molecule has 6 nitrogen and oxygen atoms in total. The molecule has 3 atom stereocenters. The summed E-state index contributed by atoms with van der Waals surface area (Å²) in [6, 6.07) is 0. The van der Waals surface area contributed by atoms with Crippen LogP contribution in [0.4, 0.5) is 0 Å². The Bertz CT molecular complexity index is 463. The van der Waals surface area contributed by atoms with Gasteiger partial charge < -0.3 is 29.7 Å². The Kier molecular flexibility index (Phi) is 42.7. The van der Waals surface area contributed by atoms with Crippen LogP contribution in [0.5, 0.6) is 0 Å². The van der Waals surface area contributed by atoms with Gasteiger partial charge in [-0.3, -0.25) is 0 Å². The maximum Gasteiger partial charge on any atom is 3.00 e. The molecule has 0 saturated carbocycles. The molecule has 0 saturated heterocycles. The Hall–Kier alpha value is 1.04. The van der Waals surface area contributed by atoms with Gasteiger partial charge in [-0.15, -0.1) is 0 Å². The molecule has 0 aromatic rings. The van der Waals surface area contributed by atoms with Crippen molar-refractivity contribution in [2.75, 3.05) is 17.3 Å². The summed E-state index contributed by atoms with van der Waals surface area (Å²) < 4.78 is 0. The van der Waals surface area contributed by atoms with Crippen molar-refractivity contribution in [3.8, 4) is 0 Å². The minimum Gasteiger partial charge on any atom is -0.550 e. The van der Waals surface area contributed by atoms with Crippen molar-refractivity contribution in [3.63, 3.8) is 0 Å². The number of carbonyl (C=O) groups excluding carboxylic acids is 3. The summed E-state index contributed by atoms with van der Waals surface area (Å²) in [6.45, 7) is 0. The van der Waals surface area contributed by atoms with Gasteiger partial charge in [-0.25, -0.2) is 0 Å². The third-order valence-electron chi connectivity index (χ3n) is 4.89. The standard InChI is InChI=1S/3C8H16O2S2.Cr/c3*9-8(10)4-2-1-3-7(12)5-6-11;/h3*7,11-12H,1-6H2,(H,9,10);/q;;;+3/p-3. The van der Waals surface area contributed by atoms with Crippen molar-refractivity contribution in [2.45, 2.75) is 112 Å². The third-order valence-corrected chi connectivity index (χ3v) is 7.22. The quantitative estimate of drug-likeness (QED) is 0.0824. The maximum absolute atomic E-state index is 10.0. The van der Waals surface area contributed by atoms with Crippen molar-refractivity contribution in [1.29, 1.82) is 0 Å². The van der Waals surface area contributed by atoms with E-state index in [4.69, 9.17) is 0 Å². The van der Waals surface area contributed by atoms with Gasteiger partial charge >= 0.3 is 17.4 Å². The van der Waals surface area contributed by atoms with Crippen LogP contribution in [0.25, 0.3) is 0 Å². The molecule has 37 heavy (non-hydrogen) atoms. The molecular weight excluding hydrogens is 629 g/mol. The third kappa shape index (κ3) is 47.2. The van der Waals surface area contributed by atoms with Gasteiger partial charge in [0.2, 0.25) is 0 Å². The van der Waals surface area contributed by atoms with Crippen LogP contribution in [0.3, 0.4) is 0 Å². The molecule has 0 aliphatic heterocycles. The molecule has 3 unspecified atom stereocenters. The molecule has 0 aliphatic rings. The van der Waals surface area contributed by atoms with E-state index in [9.17, 15) is 29.7 Å². The Labute approximate surface area is 268 Å². The van der Waals surface area contributed by atoms with E-state index in [2.05, 4.69) is 75.8 Å². The number of aliphatic carboxylic acids is 3. The average molecular weight is 674 g/mol. The van der Waals surface area contributed by atoms with Gasteiger partial charge in [-0.05, 0) is 94.3 Å². The maximum atomic E-state index is 10.0. The topological polar surface area (TPSA) is 120 Å². The van der Waals surface area contributed by atoms with Gasteiger partial charge in [0.15, 0.2) is 0 Å². The van der Waals surface area contributed by atoms with E-state index in [1.807, 2.05) is 0 Å². The zero-order valence-electron chi connectivity index (χ0n) is 21.5. The van der Waals surface area contributed by atoms with Crippen LogP contribution in [-0.2, 0) is 31.7 Å². The normalized spacial score (nSPS) is 12.5. The molecule has 0 fully saturated rings. The summed E-state index contributed by atoms with van der Waals surface area (Å²) in [6.07, 6.45) is 11.2. The Morgan fingerprint density at radius 3 is 0.838 bits per heavy atom. The first-order valence-electron chi connectivity index (χ1n) is 12.5. The van der Waals surface area contributed by atoms with E-state index in [1.54, 1.807) is 0 Å². The van der Waals surface area contributed by atoms with E-state index in [1.165, 1.54) is 0 Å². The monoisotopic (exact) mass is 673 g/mol. The minimum atomic E-state index is -0.958. The van der Waals surface area contributed by atoms with Crippen LogP contribution in [0, 0.1) is 0 Å². The summed E-state index contributed by atoms with van der Waals surface area (Å²) in [5, 5.41) is 31.2. The summed E-state index contributed by atoms with van der Waals surface area (Å²) in [5.74, 6) is -0.349.